The predicted molar refractivity (Wildman–Crippen MR) is 80.9 cm³/mol. The number of carbonyl (C=O) groups excluding carboxylic acids is 1. The molecule has 0 atom stereocenters. The van der Waals surface area contributed by atoms with Crippen molar-refractivity contribution in [3.63, 3.8) is 0 Å². The summed E-state index contributed by atoms with van der Waals surface area (Å²) in [6.45, 7) is 5.18. The van der Waals surface area contributed by atoms with Crippen LogP contribution in [0.4, 0.5) is 5.69 Å². The van der Waals surface area contributed by atoms with Crippen LogP contribution in [0.5, 0.6) is 0 Å². The summed E-state index contributed by atoms with van der Waals surface area (Å²) >= 11 is 1.47. The number of aryl methyl sites for hydroxylation is 2. The third kappa shape index (κ3) is 2.18. The highest BCUT2D eigenvalue weighted by atomic mass is 32.1. The number of nitrogens with zero attached hydrogens (tertiary/aromatic N) is 2. The zero-order chi connectivity index (χ0) is 14.3. The lowest BCUT2D eigenvalue weighted by Gasteiger charge is -2.29. The molecule has 0 radical (unpaired) electrons. The molecule has 104 valence electrons. The van der Waals surface area contributed by atoms with Gasteiger partial charge in [-0.05, 0) is 37.5 Å². The Bertz CT molecular complexity index is 678. The second-order valence-corrected chi connectivity index (χ2v) is 6.31. The van der Waals surface area contributed by atoms with Gasteiger partial charge in [-0.15, -0.1) is 11.3 Å². The van der Waals surface area contributed by atoms with Gasteiger partial charge in [-0.25, -0.2) is 4.98 Å². The molecule has 0 spiro atoms. The molecule has 0 unspecified atom stereocenters. The van der Waals surface area contributed by atoms with E-state index in [-0.39, 0.29) is 5.91 Å². The first-order valence-corrected chi connectivity index (χ1v) is 7.47. The first-order chi connectivity index (χ1) is 9.56. The number of amides is 1. The fourth-order valence-corrected chi connectivity index (χ4v) is 3.57. The van der Waals surface area contributed by atoms with E-state index in [0.717, 1.165) is 39.8 Å². The average molecular weight is 287 g/mol. The van der Waals surface area contributed by atoms with Gasteiger partial charge in [0.05, 0.1) is 10.7 Å². The summed E-state index contributed by atoms with van der Waals surface area (Å²) in [5.74, 6) is 0.0844. The van der Waals surface area contributed by atoms with Gasteiger partial charge in [-0.3, -0.25) is 4.79 Å². The summed E-state index contributed by atoms with van der Waals surface area (Å²) in [4.78, 5) is 19.6. The lowest BCUT2D eigenvalue weighted by Crippen LogP contribution is -2.36. The van der Waals surface area contributed by atoms with E-state index in [0.29, 0.717) is 6.54 Å². The van der Waals surface area contributed by atoms with Crippen LogP contribution in [0.25, 0.3) is 0 Å². The van der Waals surface area contributed by atoms with Gasteiger partial charge in [0, 0.05) is 18.8 Å². The van der Waals surface area contributed by atoms with E-state index in [9.17, 15) is 4.79 Å². The first-order valence-electron chi connectivity index (χ1n) is 6.66. The van der Waals surface area contributed by atoms with Crippen LogP contribution in [-0.4, -0.2) is 22.3 Å². The number of rotatable bonds is 1. The number of nitrogen functional groups attached to an aromatic ring is 1. The molecule has 0 aliphatic carbocycles. The van der Waals surface area contributed by atoms with Gasteiger partial charge in [-0.2, -0.15) is 0 Å². The van der Waals surface area contributed by atoms with Crippen LogP contribution >= 0.6 is 11.3 Å². The van der Waals surface area contributed by atoms with E-state index in [1.54, 1.807) is 0 Å². The van der Waals surface area contributed by atoms with E-state index in [4.69, 9.17) is 5.73 Å². The number of hydrogen-bond donors (Lipinski definition) is 1. The SMILES string of the molecule is Cc1nc(C)c(C(=O)N2CCc3c(N)cccc3C2)s1. The van der Waals surface area contributed by atoms with Gasteiger partial charge in [0.15, 0.2) is 0 Å². The minimum absolute atomic E-state index is 0.0844. The molecule has 3 rings (SSSR count). The Morgan fingerprint density at radius 3 is 2.90 bits per heavy atom. The third-order valence-corrected chi connectivity index (χ3v) is 4.75. The highest BCUT2D eigenvalue weighted by Crippen LogP contribution is 2.27. The highest BCUT2D eigenvalue weighted by molar-refractivity contribution is 7.13. The molecule has 2 heterocycles. The van der Waals surface area contributed by atoms with Crippen LogP contribution < -0.4 is 5.73 Å². The molecule has 1 aromatic carbocycles. The number of thiazole rings is 1. The van der Waals surface area contributed by atoms with Crippen LogP contribution in [-0.2, 0) is 13.0 Å². The smallest absolute Gasteiger partial charge is 0.266 e. The summed E-state index contributed by atoms with van der Waals surface area (Å²) in [7, 11) is 0. The standard InChI is InChI=1S/C15H17N3OS/c1-9-14(20-10(2)17-9)15(19)18-7-6-12-11(8-18)4-3-5-13(12)16/h3-5H,6-8,16H2,1-2H3. The molecule has 5 heteroatoms. The normalized spacial score (nSPS) is 14.2. The Hall–Kier alpha value is -1.88. The van der Waals surface area contributed by atoms with E-state index >= 15 is 0 Å². The average Bonchev–Trinajstić information content (AvgIpc) is 2.77. The van der Waals surface area contributed by atoms with E-state index in [1.807, 2.05) is 30.9 Å². The molecular formula is C15H17N3OS. The Morgan fingerprint density at radius 1 is 1.40 bits per heavy atom. The fourth-order valence-electron chi connectivity index (χ4n) is 2.69. The van der Waals surface area contributed by atoms with E-state index < -0.39 is 0 Å². The van der Waals surface area contributed by atoms with Gasteiger partial charge in [0.1, 0.15) is 4.88 Å². The Kier molecular flexibility index (Phi) is 3.22. The van der Waals surface area contributed by atoms with Crippen molar-refractivity contribution >= 4 is 22.9 Å². The van der Waals surface area contributed by atoms with E-state index in [1.165, 1.54) is 16.9 Å². The molecule has 0 bridgehead atoms. The number of fused-ring (bicyclic) bond motifs is 1. The van der Waals surface area contributed by atoms with Crippen molar-refractivity contribution in [1.82, 2.24) is 9.88 Å². The van der Waals surface area contributed by atoms with Crippen molar-refractivity contribution < 1.29 is 4.79 Å². The van der Waals surface area contributed by atoms with Crippen LogP contribution in [0.3, 0.4) is 0 Å². The number of benzene rings is 1. The minimum Gasteiger partial charge on any atom is -0.398 e. The number of anilines is 1. The molecule has 1 aliphatic rings. The number of carbonyl (C=O) groups is 1. The summed E-state index contributed by atoms with van der Waals surface area (Å²) in [6, 6.07) is 5.92. The van der Waals surface area contributed by atoms with Gasteiger partial charge < -0.3 is 10.6 Å². The molecule has 1 aliphatic heterocycles. The summed E-state index contributed by atoms with van der Waals surface area (Å²) in [5.41, 5.74) is 10.00. The maximum Gasteiger partial charge on any atom is 0.266 e. The summed E-state index contributed by atoms with van der Waals surface area (Å²) in [5, 5.41) is 0.938. The Morgan fingerprint density at radius 2 is 2.20 bits per heavy atom. The minimum atomic E-state index is 0.0844. The van der Waals surface area contributed by atoms with Crippen molar-refractivity contribution in [1.29, 1.82) is 0 Å². The second kappa shape index (κ2) is 4.90. The molecular weight excluding hydrogens is 270 g/mol. The largest absolute Gasteiger partial charge is 0.398 e. The van der Waals surface area contributed by atoms with Crippen LogP contribution in [0.15, 0.2) is 18.2 Å². The van der Waals surface area contributed by atoms with Crippen molar-refractivity contribution in [3.05, 3.63) is 44.9 Å². The zero-order valence-electron chi connectivity index (χ0n) is 11.6. The first kappa shape index (κ1) is 13.1. The molecule has 20 heavy (non-hydrogen) atoms. The fraction of sp³-hybridized carbons (Fsp3) is 0.333. The molecule has 1 amide bonds. The number of aromatic nitrogens is 1. The zero-order valence-corrected chi connectivity index (χ0v) is 12.5. The summed E-state index contributed by atoms with van der Waals surface area (Å²) < 4.78 is 0. The molecule has 0 saturated carbocycles. The molecule has 0 saturated heterocycles. The van der Waals surface area contributed by atoms with Crippen LogP contribution in [0.1, 0.15) is 31.5 Å². The molecule has 1 aromatic heterocycles. The van der Waals surface area contributed by atoms with Crippen molar-refractivity contribution in [2.75, 3.05) is 12.3 Å². The monoisotopic (exact) mass is 287 g/mol. The number of hydrogen-bond acceptors (Lipinski definition) is 4. The second-order valence-electron chi connectivity index (χ2n) is 5.11. The van der Waals surface area contributed by atoms with Gasteiger partial charge in [0.25, 0.3) is 5.91 Å². The van der Waals surface area contributed by atoms with Crippen molar-refractivity contribution in [2.45, 2.75) is 26.8 Å². The Balaban J connectivity index is 1.87. The number of nitrogens with two attached hydrogens (primary N) is 1. The van der Waals surface area contributed by atoms with E-state index in [2.05, 4.69) is 11.1 Å². The van der Waals surface area contributed by atoms with Crippen LogP contribution in [0.2, 0.25) is 0 Å². The summed E-state index contributed by atoms with van der Waals surface area (Å²) in [6.07, 6.45) is 0.824. The Labute approximate surface area is 122 Å². The molecule has 0 fully saturated rings. The lowest BCUT2D eigenvalue weighted by atomic mass is 9.98. The van der Waals surface area contributed by atoms with Gasteiger partial charge in [-0.1, -0.05) is 12.1 Å². The predicted octanol–water partition coefficient (Wildman–Crippen LogP) is 2.54. The lowest BCUT2D eigenvalue weighted by molar-refractivity contribution is 0.0739. The van der Waals surface area contributed by atoms with Gasteiger partial charge >= 0.3 is 0 Å². The molecule has 2 aromatic rings. The highest BCUT2D eigenvalue weighted by Gasteiger charge is 2.25. The quantitative estimate of drug-likeness (QED) is 0.820. The molecule has 4 nitrogen and oxygen atoms in total. The maximum absolute atomic E-state index is 12.6. The molecule has 2 N–H and O–H groups in total. The van der Waals surface area contributed by atoms with Gasteiger partial charge in [0.2, 0.25) is 0 Å². The van der Waals surface area contributed by atoms with Crippen molar-refractivity contribution in [3.8, 4) is 0 Å². The maximum atomic E-state index is 12.6. The third-order valence-electron chi connectivity index (χ3n) is 3.69. The van der Waals surface area contributed by atoms with Crippen LogP contribution in [0, 0.1) is 13.8 Å². The topological polar surface area (TPSA) is 59.2 Å². The van der Waals surface area contributed by atoms with Crippen molar-refractivity contribution in [2.24, 2.45) is 0 Å².